The Morgan fingerprint density at radius 3 is 2.43 bits per heavy atom. The van der Waals surface area contributed by atoms with Gasteiger partial charge in [0.25, 0.3) is 15.9 Å². The smallest absolute Gasteiger partial charge is 0.448 e. The van der Waals surface area contributed by atoms with Crippen molar-refractivity contribution < 1.29 is 26.9 Å². The van der Waals surface area contributed by atoms with E-state index in [2.05, 4.69) is 20.0 Å². The highest BCUT2D eigenvalue weighted by molar-refractivity contribution is 7.90. The number of nitrogens with one attached hydrogen (secondary N) is 2. The normalized spacial score (nSPS) is 19.9. The molecule has 37 heavy (non-hydrogen) atoms. The maximum absolute atomic E-state index is 13.1. The zero-order chi connectivity index (χ0) is 26.4. The molecule has 3 heterocycles. The summed E-state index contributed by atoms with van der Waals surface area (Å²) in [6.45, 7) is 7.80. The molecule has 0 bridgehead atoms. The monoisotopic (exact) mass is 522 g/mol. The summed E-state index contributed by atoms with van der Waals surface area (Å²) in [7, 11) is -4.80. The molecule has 0 spiro atoms. The first kappa shape index (κ1) is 25.2. The van der Waals surface area contributed by atoms with Gasteiger partial charge in [-0.2, -0.15) is 0 Å². The summed E-state index contributed by atoms with van der Waals surface area (Å²) >= 11 is 0. The van der Waals surface area contributed by atoms with Crippen LogP contribution in [0.25, 0.3) is 0 Å². The second-order valence-electron chi connectivity index (χ2n) is 9.92. The van der Waals surface area contributed by atoms with Gasteiger partial charge in [-0.1, -0.05) is 36.4 Å². The fourth-order valence-corrected chi connectivity index (χ4v) is 5.29. The van der Waals surface area contributed by atoms with Gasteiger partial charge < -0.3 is 19.0 Å². The van der Waals surface area contributed by atoms with E-state index in [4.69, 9.17) is 13.7 Å². The minimum Gasteiger partial charge on any atom is -0.448 e. The summed E-state index contributed by atoms with van der Waals surface area (Å²) in [6, 6.07) is 14.1. The predicted molar refractivity (Wildman–Crippen MR) is 137 cm³/mol. The fourth-order valence-electron chi connectivity index (χ4n) is 4.10. The third kappa shape index (κ3) is 4.79. The van der Waals surface area contributed by atoms with Crippen LogP contribution in [0.3, 0.4) is 0 Å². The van der Waals surface area contributed by atoms with E-state index in [-0.39, 0.29) is 28.9 Å². The molecule has 12 heteroatoms. The highest BCUT2D eigenvalue weighted by Gasteiger charge is 2.52. The molecule has 0 aliphatic carbocycles. The van der Waals surface area contributed by atoms with Gasteiger partial charge in [0, 0.05) is 6.54 Å². The van der Waals surface area contributed by atoms with Gasteiger partial charge in [0.05, 0.1) is 29.0 Å². The second-order valence-corrected chi connectivity index (χ2v) is 11.6. The van der Waals surface area contributed by atoms with Gasteiger partial charge in [-0.15, -0.1) is 0 Å². The number of nitrogens with zero attached hydrogens (tertiary/aromatic N) is 2. The van der Waals surface area contributed by atoms with Gasteiger partial charge in [0.2, 0.25) is 11.7 Å². The van der Waals surface area contributed by atoms with Crippen LogP contribution in [0.1, 0.15) is 45.1 Å². The second kappa shape index (κ2) is 9.12. The van der Waals surface area contributed by atoms with Crippen molar-refractivity contribution in [1.29, 1.82) is 0 Å². The molecule has 1 aromatic heterocycles. The van der Waals surface area contributed by atoms with Crippen molar-refractivity contribution in [3.63, 3.8) is 0 Å². The van der Waals surface area contributed by atoms with Crippen molar-refractivity contribution in [2.24, 2.45) is 4.99 Å². The first-order chi connectivity index (χ1) is 17.5. The number of fused-ring (bicyclic) bond motifs is 1. The molecule has 192 valence electrons. The number of aliphatic imine (C=N–C) groups is 1. The summed E-state index contributed by atoms with van der Waals surface area (Å²) in [5.74, 6) is -0.930. The van der Waals surface area contributed by atoms with Crippen LogP contribution in [0.5, 0.6) is 0 Å². The number of rotatable bonds is 6. The Balaban J connectivity index is 1.37. The van der Waals surface area contributed by atoms with Gasteiger partial charge in [0.15, 0.2) is 0 Å². The lowest BCUT2D eigenvalue weighted by Gasteiger charge is -2.32. The van der Waals surface area contributed by atoms with Crippen LogP contribution in [0, 0.1) is 0 Å². The Labute approximate surface area is 215 Å². The zero-order valence-electron chi connectivity index (χ0n) is 20.9. The number of benzene rings is 2. The average Bonchev–Trinajstić information content (AvgIpc) is 3.45. The fraction of sp³-hybridized carbons (Fsp3) is 0.320. The van der Waals surface area contributed by atoms with Gasteiger partial charge in [0.1, 0.15) is 11.2 Å². The molecule has 3 aromatic rings. The molecule has 1 atom stereocenters. The number of sulfonamides is 1. The van der Waals surface area contributed by atoms with Crippen LogP contribution in [0.4, 0.5) is 5.69 Å². The molecule has 1 saturated heterocycles. The molecule has 0 saturated carbocycles. The minimum absolute atomic E-state index is 0.0572. The van der Waals surface area contributed by atoms with Crippen molar-refractivity contribution in [2.75, 3.05) is 6.54 Å². The number of amides is 1. The number of carbonyl (C=O) groups excluding carboxylic acids is 1. The number of hydrogen-bond donors (Lipinski definition) is 2. The highest BCUT2D eigenvalue weighted by atomic mass is 32.2. The van der Waals surface area contributed by atoms with Gasteiger partial charge in [-0.3, -0.25) is 9.52 Å². The molecule has 1 amide bonds. The SMILES string of the molecule is CC1(C)OB(c2ccc3c(c2)S(=O)(=O)NC(C(=O)NCC(c2ccccc2)c2ncco2)=N3)OC1(C)C. The largest absolute Gasteiger partial charge is 0.494 e. The van der Waals surface area contributed by atoms with E-state index in [0.717, 1.165) is 5.56 Å². The van der Waals surface area contributed by atoms with Gasteiger partial charge >= 0.3 is 7.12 Å². The Hall–Kier alpha value is -3.48. The molecule has 2 aliphatic rings. The molecule has 2 N–H and O–H groups in total. The lowest BCUT2D eigenvalue weighted by molar-refractivity contribution is -0.115. The average molecular weight is 522 g/mol. The van der Waals surface area contributed by atoms with Gasteiger partial charge in [-0.25, -0.2) is 18.4 Å². The van der Waals surface area contributed by atoms with Crippen molar-refractivity contribution in [1.82, 2.24) is 15.0 Å². The Kier molecular flexibility index (Phi) is 6.21. The number of hydrogen-bond acceptors (Lipinski definition) is 8. The van der Waals surface area contributed by atoms with Crippen LogP contribution in [0.15, 0.2) is 75.3 Å². The van der Waals surface area contributed by atoms with Crippen molar-refractivity contribution in [3.05, 3.63) is 72.4 Å². The molecule has 0 radical (unpaired) electrons. The van der Waals surface area contributed by atoms with Crippen LogP contribution < -0.4 is 15.5 Å². The first-order valence-electron chi connectivity index (χ1n) is 11.8. The zero-order valence-corrected chi connectivity index (χ0v) is 21.7. The van der Waals surface area contributed by atoms with E-state index in [0.29, 0.717) is 11.4 Å². The molecule has 1 fully saturated rings. The molecule has 10 nitrogen and oxygen atoms in total. The lowest BCUT2D eigenvalue weighted by Crippen LogP contribution is -2.45. The van der Waals surface area contributed by atoms with Crippen LogP contribution in [-0.2, 0) is 24.1 Å². The van der Waals surface area contributed by atoms with Crippen molar-refractivity contribution >= 4 is 40.0 Å². The highest BCUT2D eigenvalue weighted by Crippen LogP contribution is 2.37. The summed E-state index contributed by atoms with van der Waals surface area (Å²) < 4.78 is 46.0. The summed E-state index contributed by atoms with van der Waals surface area (Å²) in [5, 5.41) is 2.75. The van der Waals surface area contributed by atoms with Crippen molar-refractivity contribution in [2.45, 2.75) is 49.7 Å². The molecule has 2 aromatic carbocycles. The quantitative estimate of drug-likeness (QED) is 0.475. The number of aromatic nitrogens is 1. The summed E-state index contributed by atoms with van der Waals surface area (Å²) in [4.78, 5) is 21.4. The first-order valence-corrected chi connectivity index (χ1v) is 13.3. The standard InChI is InChI=1S/C25H27BN4O6S/c1-24(2)25(3,4)36-26(35-24)17-10-11-19-20(14-17)37(32,33)30-21(29-19)22(31)28-15-18(23-27-12-13-34-23)16-8-6-5-7-9-16/h5-14,18H,15H2,1-4H3,(H,28,31)(H,29,30). The molecule has 5 rings (SSSR count). The van der Waals surface area contributed by atoms with E-state index >= 15 is 0 Å². The maximum Gasteiger partial charge on any atom is 0.494 e. The maximum atomic E-state index is 13.1. The molecule has 2 aliphatic heterocycles. The van der Waals surface area contributed by atoms with E-state index in [9.17, 15) is 13.2 Å². The van der Waals surface area contributed by atoms with Gasteiger partial charge in [-0.05, 0) is 50.9 Å². The molecular formula is C25H27BN4O6S. The summed E-state index contributed by atoms with van der Waals surface area (Å²) in [5.41, 5.74) is 0.435. The van der Waals surface area contributed by atoms with E-state index in [1.165, 1.54) is 18.5 Å². The Morgan fingerprint density at radius 1 is 1.08 bits per heavy atom. The third-order valence-corrected chi connectivity index (χ3v) is 8.26. The van der Waals surface area contributed by atoms with Crippen molar-refractivity contribution in [3.8, 4) is 0 Å². The van der Waals surface area contributed by atoms with E-state index in [1.54, 1.807) is 12.1 Å². The number of carbonyl (C=O) groups is 1. The Bertz CT molecular complexity index is 1440. The number of oxazole rings is 1. The van der Waals surface area contributed by atoms with E-state index in [1.807, 2.05) is 58.0 Å². The van der Waals surface area contributed by atoms with Crippen LogP contribution in [-0.4, -0.2) is 50.0 Å². The lowest BCUT2D eigenvalue weighted by atomic mass is 9.79. The molecule has 1 unspecified atom stereocenters. The van der Waals surface area contributed by atoms with E-state index < -0.39 is 34.3 Å². The Morgan fingerprint density at radius 2 is 1.78 bits per heavy atom. The topological polar surface area (TPSA) is 132 Å². The van der Waals surface area contributed by atoms with Crippen LogP contribution in [0.2, 0.25) is 0 Å². The predicted octanol–water partition coefficient (Wildman–Crippen LogP) is 2.24. The number of amidine groups is 1. The van der Waals surface area contributed by atoms with Crippen LogP contribution >= 0.6 is 0 Å². The summed E-state index contributed by atoms with van der Waals surface area (Å²) in [6.07, 6.45) is 2.99. The third-order valence-electron chi connectivity index (χ3n) is 6.90. The molecular weight excluding hydrogens is 495 g/mol. The minimum atomic E-state index is -4.06.